The maximum atomic E-state index is 11.8. The van der Waals surface area contributed by atoms with Crippen LogP contribution in [0.25, 0.3) is 0 Å². The van der Waals surface area contributed by atoms with Crippen LogP contribution in [-0.4, -0.2) is 17.5 Å². The zero-order valence-electron chi connectivity index (χ0n) is 6.66. The SMILES string of the molecule is OCc1ccccc1SCCF. The molecule has 0 spiro atoms. The van der Waals surface area contributed by atoms with Crippen molar-refractivity contribution in [3.63, 3.8) is 0 Å². The molecule has 1 aromatic rings. The highest BCUT2D eigenvalue weighted by Gasteiger charge is 1.99. The number of hydrogen-bond acceptors (Lipinski definition) is 2. The lowest BCUT2D eigenvalue weighted by Crippen LogP contribution is -1.88. The number of hydrogen-bond donors (Lipinski definition) is 1. The first-order chi connectivity index (χ1) is 5.88. The lowest BCUT2D eigenvalue weighted by molar-refractivity contribution is 0.279. The Kier molecular flexibility index (Phi) is 4.11. The molecule has 1 aromatic carbocycles. The van der Waals surface area contributed by atoms with Crippen molar-refractivity contribution in [3.05, 3.63) is 29.8 Å². The molecule has 0 saturated carbocycles. The third kappa shape index (κ3) is 2.50. The van der Waals surface area contributed by atoms with Crippen molar-refractivity contribution in [2.24, 2.45) is 0 Å². The van der Waals surface area contributed by atoms with Crippen LogP contribution in [0.4, 0.5) is 4.39 Å². The zero-order chi connectivity index (χ0) is 8.81. The molecule has 0 radical (unpaired) electrons. The second-order valence-electron chi connectivity index (χ2n) is 2.30. The summed E-state index contributed by atoms with van der Waals surface area (Å²) < 4.78 is 11.8. The summed E-state index contributed by atoms with van der Waals surface area (Å²) in [6, 6.07) is 7.50. The third-order valence-electron chi connectivity index (χ3n) is 1.48. The van der Waals surface area contributed by atoms with E-state index < -0.39 is 0 Å². The summed E-state index contributed by atoms with van der Waals surface area (Å²) in [5.74, 6) is 0.455. The van der Waals surface area contributed by atoms with Gasteiger partial charge < -0.3 is 5.11 Å². The molecule has 3 heteroatoms. The Morgan fingerprint density at radius 3 is 2.75 bits per heavy atom. The predicted octanol–water partition coefficient (Wildman–Crippen LogP) is 2.24. The Morgan fingerprint density at radius 2 is 2.08 bits per heavy atom. The maximum Gasteiger partial charge on any atom is 0.0988 e. The molecule has 0 heterocycles. The number of aliphatic hydroxyl groups is 1. The number of benzene rings is 1. The highest BCUT2D eigenvalue weighted by molar-refractivity contribution is 7.99. The third-order valence-corrected chi connectivity index (χ3v) is 2.55. The molecule has 0 fully saturated rings. The molecule has 1 nitrogen and oxygen atoms in total. The lowest BCUT2D eigenvalue weighted by atomic mass is 10.2. The monoisotopic (exact) mass is 186 g/mol. The molecule has 0 aliphatic rings. The largest absolute Gasteiger partial charge is 0.392 e. The van der Waals surface area contributed by atoms with Gasteiger partial charge in [-0.3, -0.25) is 4.39 Å². The van der Waals surface area contributed by atoms with Gasteiger partial charge in [-0.05, 0) is 11.6 Å². The van der Waals surface area contributed by atoms with E-state index in [1.807, 2.05) is 24.3 Å². The average Bonchev–Trinajstić information content (AvgIpc) is 2.15. The second-order valence-corrected chi connectivity index (χ2v) is 3.44. The molecule has 0 unspecified atom stereocenters. The summed E-state index contributed by atoms with van der Waals surface area (Å²) in [6.07, 6.45) is 0. The van der Waals surface area contributed by atoms with E-state index in [0.717, 1.165) is 10.5 Å². The van der Waals surface area contributed by atoms with Gasteiger partial charge in [0.2, 0.25) is 0 Å². The van der Waals surface area contributed by atoms with E-state index >= 15 is 0 Å². The van der Waals surface area contributed by atoms with Gasteiger partial charge in [0.15, 0.2) is 0 Å². The van der Waals surface area contributed by atoms with E-state index in [4.69, 9.17) is 5.11 Å². The Labute approximate surface area is 75.6 Å². The summed E-state index contributed by atoms with van der Waals surface area (Å²) in [7, 11) is 0. The predicted molar refractivity (Wildman–Crippen MR) is 49.1 cm³/mol. The van der Waals surface area contributed by atoms with Crippen LogP contribution in [0.1, 0.15) is 5.56 Å². The first kappa shape index (κ1) is 9.55. The Bertz CT molecular complexity index is 240. The molecule has 1 rings (SSSR count). The molecule has 0 aliphatic heterocycles. The first-order valence-electron chi connectivity index (χ1n) is 3.76. The molecular weight excluding hydrogens is 175 g/mol. The Morgan fingerprint density at radius 1 is 1.33 bits per heavy atom. The number of alkyl halides is 1. The molecule has 0 saturated heterocycles. The van der Waals surface area contributed by atoms with Crippen molar-refractivity contribution in [1.29, 1.82) is 0 Å². The molecule has 0 aromatic heterocycles. The highest BCUT2D eigenvalue weighted by atomic mass is 32.2. The van der Waals surface area contributed by atoms with Crippen molar-refractivity contribution in [3.8, 4) is 0 Å². The average molecular weight is 186 g/mol. The fourth-order valence-corrected chi connectivity index (χ4v) is 1.71. The van der Waals surface area contributed by atoms with Gasteiger partial charge in [-0.1, -0.05) is 18.2 Å². The van der Waals surface area contributed by atoms with Gasteiger partial charge in [0.1, 0.15) is 0 Å². The van der Waals surface area contributed by atoms with Gasteiger partial charge in [-0.2, -0.15) is 0 Å². The van der Waals surface area contributed by atoms with Gasteiger partial charge >= 0.3 is 0 Å². The number of aliphatic hydroxyl groups excluding tert-OH is 1. The minimum absolute atomic E-state index is 0.0233. The van der Waals surface area contributed by atoms with Gasteiger partial charge in [-0.25, -0.2) is 0 Å². The quantitative estimate of drug-likeness (QED) is 0.728. The van der Waals surface area contributed by atoms with E-state index in [9.17, 15) is 4.39 Å². The Balaban J connectivity index is 2.68. The minimum atomic E-state index is -0.329. The van der Waals surface area contributed by atoms with Crippen LogP contribution in [0.3, 0.4) is 0 Å². The summed E-state index contributed by atoms with van der Waals surface area (Å²) in [5.41, 5.74) is 0.871. The summed E-state index contributed by atoms with van der Waals surface area (Å²) in [4.78, 5) is 0.970. The topological polar surface area (TPSA) is 20.2 Å². The van der Waals surface area contributed by atoms with Gasteiger partial charge in [0.25, 0.3) is 0 Å². The van der Waals surface area contributed by atoms with Gasteiger partial charge in [0, 0.05) is 10.6 Å². The summed E-state index contributed by atoms with van der Waals surface area (Å²) in [6.45, 7) is -0.306. The fourth-order valence-electron chi connectivity index (χ4n) is 0.924. The van der Waals surface area contributed by atoms with Crippen molar-refractivity contribution < 1.29 is 9.50 Å². The number of rotatable bonds is 4. The standard InChI is InChI=1S/C9H11FOS/c10-5-6-12-9-4-2-1-3-8(9)7-11/h1-4,11H,5-7H2. The van der Waals surface area contributed by atoms with Gasteiger partial charge in [-0.15, -0.1) is 11.8 Å². The zero-order valence-corrected chi connectivity index (χ0v) is 7.48. The fraction of sp³-hybridized carbons (Fsp3) is 0.333. The van der Waals surface area contributed by atoms with Crippen LogP contribution in [0.2, 0.25) is 0 Å². The molecule has 1 N–H and O–H groups in total. The molecule has 12 heavy (non-hydrogen) atoms. The molecule has 0 amide bonds. The van der Waals surface area contributed by atoms with Crippen molar-refractivity contribution >= 4 is 11.8 Å². The van der Waals surface area contributed by atoms with Gasteiger partial charge in [0.05, 0.1) is 13.3 Å². The van der Waals surface area contributed by atoms with Crippen molar-refractivity contribution in [1.82, 2.24) is 0 Å². The summed E-state index contributed by atoms with van der Waals surface area (Å²) >= 11 is 1.44. The van der Waals surface area contributed by atoms with E-state index in [0.29, 0.717) is 5.75 Å². The first-order valence-corrected chi connectivity index (χ1v) is 4.74. The van der Waals surface area contributed by atoms with Crippen LogP contribution >= 0.6 is 11.8 Å². The lowest BCUT2D eigenvalue weighted by Gasteiger charge is -2.04. The normalized spacial score (nSPS) is 10.2. The molecule has 0 atom stereocenters. The highest BCUT2D eigenvalue weighted by Crippen LogP contribution is 2.22. The van der Waals surface area contributed by atoms with Crippen molar-refractivity contribution in [2.75, 3.05) is 12.4 Å². The number of halogens is 1. The molecular formula is C9H11FOS. The van der Waals surface area contributed by atoms with Crippen molar-refractivity contribution in [2.45, 2.75) is 11.5 Å². The molecule has 0 aliphatic carbocycles. The maximum absolute atomic E-state index is 11.8. The Hall–Kier alpha value is -0.540. The molecule has 0 bridgehead atoms. The van der Waals surface area contributed by atoms with Crippen LogP contribution in [-0.2, 0) is 6.61 Å². The van der Waals surface area contributed by atoms with E-state index in [2.05, 4.69) is 0 Å². The van der Waals surface area contributed by atoms with Crippen LogP contribution in [0, 0.1) is 0 Å². The van der Waals surface area contributed by atoms with Crippen LogP contribution in [0.5, 0.6) is 0 Å². The van der Waals surface area contributed by atoms with E-state index in [1.165, 1.54) is 11.8 Å². The summed E-state index contributed by atoms with van der Waals surface area (Å²) in [5, 5.41) is 8.91. The number of thioether (sulfide) groups is 1. The van der Waals surface area contributed by atoms with Crippen LogP contribution in [0.15, 0.2) is 29.2 Å². The molecule has 66 valence electrons. The van der Waals surface area contributed by atoms with E-state index in [-0.39, 0.29) is 13.3 Å². The minimum Gasteiger partial charge on any atom is -0.392 e. The van der Waals surface area contributed by atoms with E-state index in [1.54, 1.807) is 0 Å². The second kappa shape index (κ2) is 5.17. The van der Waals surface area contributed by atoms with Crippen LogP contribution < -0.4 is 0 Å². The smallest absolute Gasteiger partial charge is 0.0988 e.